The lowest BCUT2D eigenvalue weighted by Crippen LogP contribution is -2.24. The quantitative estimate of drug-likeness (QED) is 0.416. The second-order valence-corrected chi connectivity index (χ2v) is 3.38. The molecule has 0 saturated heterocycles. The number of hydrogen-bond donors (Lipinski definition) is 2. The van der Waals surface area contributed by atoms with E-state index in [1.165, 1.54) is 0 Å². The van der Waals surface area contributed by atoms with E-state index in [0.717, 1.165) is 25.7 Å². The Morgan fingerprint density at radius 1 is 1.20 bits per heavy atom. The maximum atomic E-state index is 11.2. The van der Waals surface area contributed by atoms with E-state index < -0.39 is 0 Å². The van der Waals surface area contributed by atoms with Crippen LogP contribution < -0.4 is 11.2 Å². The third-order valence-corrected chi connectivity index (χ3v) is 2.01. The van der Waals surface area contributed by atoms with Crippen molar-refractivity contribution < 1.29 is 14.4 Å². The summed E-state index contributed by atoms with van der Waals surface area (Å²) >= 11 is 0. The van der Waals surface area contributed by atoms with Gasteiger partial charge >= 0.3 is 0 Å². The van der Waals surface area contributed by atoms with Crippen LogP contribution in [0, 0.1) is 0 Å². The molecule has 0 aliphatic heterocycles. The summed E-state index contributed by atoms with van der Waals surface area (Å²) in [5.74, 6) is 4.98. The van der Waals surface area contributed by atoms with Gasteiger partial charge < -0.3 is 14.9 Å². The maximum Gasteiger partial charge on any atom is 0.219 e. The summed E-state index contributed by atoms with van der Waals surface area (Å²) in [4.78, 5) is 15.7. The van der Waals surface area contributed by atoms with Crippen LogP contribution >= 0.6 is 0 Å². The second kappa shape index (κ2) is 11.4. The van der Waals surface area contributed by atoms with Crippen LogP contribution in [0.2, 0.25) is 0 Å². The molecular formula is C10H22N2O3. The van der Waals surface area contributed by atoms with E-state index in [-0.39, 0.29) is 5.91 Å². The molecule has 0 aromatic heterocycles. The summed E-state index contributed by atoms with van der Waals surface area (Å²) in [6.45, 7) is 1.95. The minimum absolute atomic E-state index is 0.111. The third-order valence-electron chi connectivity index (χ3n) is 2.01. The molecule has 0 aliphatic carbocycles. The van der Waals surface area contributed by atoms with Crippen molar-refractivity contribution >= 4 is 5.91 Å². The molecule has 0 rings (SSSR count). The van der Waals surface area contributed by atoms with E-state index in [9.17, 15) is 4.79 Å². The molecule has 0 fully saturated rings. The van der Waals surface area contributed by atoms with Crippen molar-refractivity contribution in [2.45, 2.75) is 32.1 Å². The van der Waals surface area contributed by atoms with Gasteiger partial charge in [0.05, 0.1) is 6.61 Å². The van der Waals surface area contributed by atoms with E-state index in [1.54, 1.807) is 7.11 Å². The summed E-state index contributed by atoms with van der Waals surface area (Å²) in [6, 6.07) is 0. The predicted octanol–water partition coefficient (Wildman–Crippen LogP) is 0.590. The molecule has 1 amide bonds. The molecule has 0 spiro atoms. The lowest BCUT2D eigenvalue weighted by molar-refractivity contribution is -0.121. The normalized spacial score (nSPS) is 10.3. The average molecular weight is 218 g/mol. The number of nitrogens with one attached hydrogen (secondary N) is 1. The minimum Gasteiger partial charge on any atom is -0.385 e. The smallest absolute Gasteiger partial charge is 0.219 e. The van der Waals surface area contributed by atoms with Crippen molar-refractivity contribution in [2.75, 3.05) is 26.9 Å². The third kappa shape index (κ3) is 11.3. The number of hydrogen-bond acceptors (Lipinski definition) is 4. The van der Waals surface area contributed by atoms with Crippen LogP contribution in [0.15, 0.2) is 0 Å². The van der Waals surface area contributed by atoms with Gasteiger partial charge in [0.2, 0.25) is 5.91 Å². The highest BCUT2D eigenvalue weighted by molar-refractivity contribution is 5.75. The molecule has 0 bridgehead atoms. The SMILES string of the molecule is COCCCNC(=O)CCCCCON. The van der Waals surface area contributed by atoms with Crippen LogP contribution in [0.3, 0.4) is 0 Å². The number of carbonyl (C=O) groups is 1. The topological polar surface area (TPSA) is 73.6 Å². The van der Waals surface area contributed by atoms with Crippen LogP contribution in [-0.2, 0) is 14.4 Å². The highest BCUT2D eigenvalue weighted by atomic mass is 16.6. The predicted molar refractivity (Wildman–Crippen MR) is 58.1 cm³/mol. The summed E-state index contributed by atoms with van der Waals surface area (Å²) in [6.07, 6.45) is 4.22. The molecule has 0 heterocycles. The molecule has 5 heteroatoms. The minimum atomic E-state index is 0.111. The van der Waals surface area contributed by atoms with Crippen LogP contribution in [0.1, 0.15) is 32.1 Å². The standard InChI is InChI=1S/C10H22N2O3/c1-14-8-5-7-12-10(13)6-3-2-4-9-15-11/h2-9,11H2,1H3,(H,12,13). The van der Waals surface area contributed by atoms with Gasteiger partial charge in [0.25, 0.3) is 0 Å². The number of amides is 1. The maximum absolute atomic E-state index is 11.2. The van der Waals surface area contributed by atoms with Crippen molar-refractivity contribution in [3.05, 3.63) is 0 Å². The Hall–Kier alpha value is -0.650. The fourth-order valence-corrected chi connectivity index (χ4v) is 1.18. The summed E-state index contributed by atoms with van der Waals surface area (Å²) in [7, 11) is 1.65. The number of rotatable bonds is 10. The Bertz CT molecular complexity index is 154. The van der Waals surface area contributed by atoms with Crippen molar-refractivity contribution in [2.24, 2.45) is 5.90 Å². The Kier molecular flexibility index (Phi) is 10.9. The zero-order valence-corrected chi connectivity index (χ0v) is 9.46. The van der Waals surface area contributed by atoms with Crippen molar-refractivity contribution in [1.29, 1.82) is 0 Å². The highest BCUT2D eigenvalue weighted by Crippen LogP contribution is 1.99. The molecular weight excluding hydrogens is 196 g/mol. The number of unbranched alkanes of at least 4 members (excludes halogenated alkanes) is 2. The Morgan fingerprint density at radius 3 is 2.67 bits per heavy atom. The zero-order valence-electron chi connectivity index (χ0n) is 9.46. The first-order chi connectivity index (χ1) is 7.31. The molecule has 0 saturated carbocycles. The lowest BCUT2D eigenvalue weighted by Gasteiger charge is -2.04. The van der Waals surface area contributed by atoms with Gasteiger partial charge in [0.1, 0.15) is 0 Å². The Morgan fingerprint density at radius 2 is 2.00 bits per heavy atom. The molecule has 0 aromatic rings. The molecule has 0 radical (unpaired) electrons. The molecule has 5 nitrogen and oxygen atoms in total. The molecule has 0 atom stereocenters. The van der Waals surface area contributed by atoms with Gasteiger partial charge in [0.15, 0.2) is 0 Å². The molecule has 3 N–H and O–H groups in total. The number of carbonyl (C=O) groups excluding carboxylic acids is 1. The van der Waals surface area contributed by atoms with Gasteiger partial charge in [-0.1, -0.05) is 6.42 Å². The number of methoxy groups -OCH3 is 1. The van der Waals surface area contributed by atoms with Crippen LogP contribution in [0.5, 0.6) is 0 Å². The van der Waals surface area contributed by atoms with Gasteiger partial charge in [-0.05, 0) is 19.3 Å². The highest BCUT2D eigenvalue weighted by Gasteiger charge is 1.99. The van der Waals surface area contributed by atoms with Gasteiger partial charge in [-0.25, -0.2) is 5.90 Å². The van der Waals surface area contributed by atoms with Crippen LogP contribution in [0.4, 0.5) is 0 Å². The van der Waals surface area contributed by atoms with Gasteiger partial charge in [-0.2, -0.15) is 0 Å². The van der Waals surface area contributed by atoms with E-state index >= 15 is 0 Å². The van der Waals surface area contributed by atoms with Crippen LogP contribution in [0.25, 0.3) is 0 Å². The van der Waals surface area contributed by atoms with E-state index in [4.69, 9.17) is 10.6 Å². The fourth-order valence-electron chi connectivity index (χ4n) is 1.18. The van der Waals surface area contributed by atoms with E-state index in [0.29, 0.717) is 26.2 Å². The van der Waals surface area contributed by atoms with E-state index in [1.807, 2.05) is 0 Å². The molecule has 0 aliphatic rings. The van der Waals surface area contributed by atoms with Gasteiger partial charge in [0, 0.05) is 26.7 Å². The summed E-state index contributed by atoms with van der Waals surface area (Å²) in [5, 5.41) is 2.83. The van der Waals surface area contributed by atoms with E-state index in [2.05, 4.69) is 10.2 Å². The molecule has 15 heavy (non-hydrogen) atoms. The second-order valence-electron chi connectivity index (χ2n) is 3.38. The molecule has 90 valence electrons. The first-order valence-corrected chi connectivity index (χ1v) is 5.38. The average Bonchev–Trinajstić information content (AvgIpc) is 2.24. The largest absolute Gasteiger partial charge is 0.385 e. The zero-order chi connectivity index (χ0) is 11.4. The Balaban J connectivity index is 3.11. The van der Waals surface area contributed by atoms with Crippen molar-refractivity contribution in [3.8, 4) is 0 Å². The first kappa shape index (κ1) is 14.3. The monoisotopic (exact) mass is 218 g/mol. The van der Waals surface area contributed by atoms with Crippen molar-refractivity contribution in [1.82, 2.24) is 5.32 Å². The number of nitrogens with two attached hydrogens (primary N) is 1. The lowest BCUT2D eigenvalue weighted by atomic mass is 10.2. The number of ether oxygens (including phenoxy) is 1. The fraction of sp³-hybridized carbons (Fsp3) is 0.900. The molecule has 0 aromatic carbocycles. The van der Waals surface area contributed by atoms with Gasteiger partial charge in [-0.15, -0.1) is 0 Å². The van der Waals surface area contributed by atoms with Crippen molar-refractivity contribution in [3.63, 3.8) is 0 Å². The first-order valence-electron chi connectivity index (χ1n) is 5.38. The Labute approximate surface area is 91.3 Å². The molecule has 0 unspecified atom stereocenters. The summed E-state index contributed by atoms with van der Waals surface area (Å²) < 4.78 is 4.87. The summed E-state index contributed by atoms with van der Waals surface area (Å²) in [5.41, 5.74) is 0. The van der Waals surface area contributed by atoms with Gasteiger partial charge in [-0.3, -0.25) is 4.79 Å². The van der Waals surface area contributed by atoms with Crippen LogP contribution in [-0.4, -0.2) is 32.8 Å².